The van der Waals surface area contributed by atoms with E-state index in [0.29, 0.717) is 18.5 Å². The number of aromatic nitrogens is 1. The monoisotopic (exact) mass is 363 g/mol. The number of piperazine rings is 1. The number of rotatable bonds is 2. The van der Waals surface area contributed by atoms with E-state index in [2.05, 4.69) is 4.98 Å². The third kappa shape index (κ3) is 3.03. The summed E-state index contributed by atoms with van der Waals surface area (Å²) in [5.41, 5.74) is 1.18. The Bertz CT molecular complexity index is 1020. The lowest BCUT2D eigenvalue weighted by atomic mass is 10.00. The number of amides is 2. The van der Waals surface area contributed by atoms with Gasteiger partial charge in [0.25, 0.3) is 5.91 Å². The molecule has 27 heavy (non-hydrogen) atoms. The standard InChI is InChI=1S/C21H18FN3O2/c1-24-10-11-25(19(21(24)27)14-6-3-2-4-7-14)20(26)16-12-15-8-5-9-23-18(15)17(22)13-16/h2-9,12-13,19H,10-11H2,1H3. The highest BCUT2D eigenvalue weighted by molar-refractivity contribution is 6.01. The molecule has 1 atom stereocenters. The third-order valence-electron chi connectivity index (χ3n) is 4.88. The Hall–Kier alpha value is -3.28. The average molecular weight is 363 g/mol. The van der Waals surface area contributed by atoms with Crippen LogP contribution < -0.4 is 0 Å². The lowest BCUT2D eigenvalue weighted by molar-refractivity contribution is -0.138. The van der Waals surface area contributed by atoms with Gasteiger partial charge in [0.15, 0.2) is 0 Å². The molecular formula is C21H18FN3O2. The van der Waals surface area contributed by atoms with Crippen LogP contribution in [0.3, 0.4) is 0 Å². The molecule has 0 bridgehead atoms. The van der Waals surface area contributed by atoms with E-state index in [0.717, 1.165) is 5.56 Å². The zero-order valence-electron chi connectivity index (χ0n) is 14.8. The molecule has 1 aromatic heterocycles. The first-order valence-corrected chi connectivity index (χ1v) is 8.71. The summed E-state index contributed by atoms with van der Waals surface area (Å²) in [6.07, 6.45) is 1.51. The van der Waals surface area contributed by atoms with E-state index in [4.69, 9.17) is 0 Å². The fourth-order valence-electron chi connectivity index (χ4n) is 3.45. The second-order valence-electron chi connectivity index (χ2n) is 6.60. The lowest BCUT2D eigenvalue weighted by Gasteiger charge is -2.39. The van der Waals surface area contributed by atoms with E-state index in [9.17, 15) is 14.0 Å². The molecule has 136 valence electrons. The number of nitrogens with zero attached hydrogens (tertiary/aromatic N) is 3. The smallest absolute Gasteiger partial charge is 0.254 e. The number of carbonyl (C=O) groups is 2. The van der Waals surface area contributed by atoms with Gasteiger partial charge in [-0.25, -0.2) is 4.39 Å². The zero-order valence-corrected chi connectivity index (χ0v) is 14.8. The van der Waals surface area contributed by atoms with Gasteiger partial charge in [-0.15, -0.1) is 0 Å². The minimum atomic E-state index is -0.717. The van der Waals surface area contributed by atoms with Crippen molar-refractivity contribution in [3.8, 4) is 0 Å². The molecule has 1 saturated heterocycles. The summed E-state index contributed by atoms with van der Waals surface area (Å²) in [4.78, 5) is 33.2. The predicted octanol–water partition coefficient (Wildman–Crippen LogP) is 3.03. The Morgan fingerprint density at radius 3 is 2.67 bits per heavy atom. The normalized spacial score (nSPS) is 17.4. The summed E-state index contributed by atoms with van der Waals surface area (Å²) < 4.78 is 14.4. The van der Waals surface area contributed by atoms with Gasteiger partial charge in [0.1, 0.15) is 17.4 Å². The van der Waals surface area contributed by atoms with Gasteiger partial charge in [-0.05, 0) is 23.8 Å². The van der Waals surface area contributed by atoms with Crippen LogP contribution in [-0.4, -0.2) is 46.7 Å². The highest BCUT2D eigenvalue weighted by atomic mass is 19.1. The number of hydrogen-bond donors (Lipinski definition) is 0. The fourth-order valence-corrected chi connectivity index (χ4v) is 3.45. The second kappa shape index (κ2) is 6.79. The first kappa shape index (κ1) is 17.1. The van der Waals surface area contributed by atoms with E-state index in [1.165, 1.54) is 17.2 Å². The Balaban J connectivity index is 1.76. The van der Waals surface area contributed by atoms with Crippen molar-refractivity contribution in [3.63, 3.8) is 0 Å². The number of carbonyl (C=O) groups excluding carboxylic acids is 2. The molecule has 1 unspecified atom stereocenters. The van der Waals surface area contributed by atoms with Crippen LogP contribution in [0.15, 0.2) is 60.8 Å². The average Bonchev–Trinajstić information content (AvgIpc) is 2.70. The van der Waals surface area contributed by atoms with Gasteiger partial charge in [-0.1, -0.05) is 36.4 Å². The van der Waals surface area contributed by atoms with Gasteiger partial charge in [-0.2, -0.15) is 0 Å². The van der Waals surface area contributed by atoms with Crippen LogP contribution in [0.5, 0.6) is 0 Å². The van der Waals surface area contributed by atoms with Crippen molar-refractivity contribution in [2.24, 2.45) is 0 Å². The van der Waals surface area contributed by atoms with Gasteiger partial charge >= 0.3 is 0 Å². The highest BCUT2D eigenvalue weighted by Crippen LogP contribution is 2.29. The molecule has 3 aromatic rings. The van der Waals surface area contributed by atoms with Crippen LogP contribution in [0, 0.1) is 5.82 Å². The maximum atomic E-state index is 14.4. The molecule has 6 heteroatoms. The summed E-state index contributed by atoms with van der Waals surface area (Å²) in [5.74, 6) is -1.06. The van der Waals surface area contributed by atoms with Crippen LogP contribution in [-0.2, 0) is 4.79 Å². The summed E-state index contributed by atoms with van der Waals surface area (Å²) in [6, 6.07) is 14.7. The first-order valence-electron chi connectivity index (χ1n) is 8.71. The van der Waals surface area contributed by atoms with Crippen molar-refractivity contribution in [3.05, 3.63) is 77.7 Å². The van der Waals surface area contributed by atoms with Crippen molar-refractivity contribution >= 4 is 22.7 Å². The van der Waals surface area contributed by atoms with E-state index >= 15 is 0 Å². The molecule has 5 nitrogen and oxygen atoms in total. The van der Waals surface area contributed by atoms with E-state index < -0.39 is 11.9 Å². The fraction of sp³-hybridized carbons (Fsp3) is 0.190. The molecule has 2 aromatic carbocycles. The van der Waals surface area contributed by atoms with Gasteiger partial charge in [0, 0.05) is 37.3 Å². The van der Waals surface area contributed by atoms with Gasteiger partial charge in [-0.3, -0.25) is 14.6 Å². The summed E-state index contributed by atoms with van der Waals surface area (Å²) in [5, 5.41) is 0.553. The third-order valence-corrected chi connectivity index (χ3v) is 4.88. The number of fused-ring (bicyclic) bond motifs is 1. The minimum Gasteiger partial charge on any atom is -0.342 e. The zero-order chi connectivity index (χ0) is 19.0. The Morgan fingerprint density at radius 2 is 1.89 bits per heavy atom. The number of benzene rings is 2. The van der Waals surface area contributed by atoms with Crippen LogP contribution in [0.1, 0.15) is 22.0 Å². The van der Waals surface area contributed by atoms with Crippen LogP contribution in [0.2, 0.25) is 0 Å². The second-order valence-corrected chi connectivity index (χ2v) is 6.60. The Morgan fingerprint density at radius 1 is 1.11 bits per heavy atom. The van der Waals surface area contributed by atoms with E-state index in [1.807, 2.05) is 30.3 Å². The molecule has 2 heterocycles. The maximum absolute atomic E-state index is 14.4. The SMILES string of the molecule is CN1CCN(C(=O)c2cc(F)c3ncccc3c2)C(c2ccccc2)C1=O. The maximum Gasteiger partial charge on any atom is 0.254 e. The predicted molar refractivity (Wildman–Crippen MR) is 99.6 cm³/mol. The quantitative estimate of drug-likeness (QED) is 0.703. The van der Waals surface area contributed by atoms with Crippen LogP contribution in [0.4, 0.5) is 4.39 Å². The molecule has 0 saturated carbocycles. The first-order chi connectivity index (χ1) is 13.1. The van der Waals surface area contributed by atoms with E-state index in [-0.39, 0.29) is 22.9 Å². The minimum absolute atomic E-state index is 0.149. The van der Waals surface area contributed by atoms with Crippen molar-refractivity contribution in [2.45, 2.75) is 6.04 Å². The van der Waals surface area contributed by atoms with Gasteiger partial charge < -0.3 is 9.80 Å². The molecular weight excluding hydrogens is 345 g/mol. The molecule has 0 N–H and O–H groups in total. The molecule has 1 aliphatic heterocycles. The molecule has 0 spiro atoms. The van der Waals surface area contributed by atoms with Gasteiger partial charge in [0.05, 0.1) is 0 Å². The lowest BCUT2D eigenvalue weighted by Crippen LogP contribution is -2.52. The van der Waals surface area contributed by atoms with Crippen LogP contribution >= 0.6 is 0 Å². The number of pyridine rings is 1. The van der Waals surface area contributed by atoms with Crippen molar-refractivity contribution in [2.75, 3.05) is 20.1 Å². The van der Waals surface area contributed by atoms with E-state index in [1.54, 1.807) is 30.1 Å². The molecule has 1 fully saturated rings. The largest absolute Gasteiger partial charge is 0.342 e. The van der Waals surface area contributed by atoms with Crippen LogP contribution in [0.25, 0.3) is 10.9 Å². The van der Waals surface area contributed by atoms with Crippen molar-refractivity contribution < 1.29 is 14.0 Å². The number of hydrogen-bond acceptors (Lipinski definition) is 3. The molecule has 0 aliphatic carbocycles. The van der Waals surface area contributed by atoms with Crippen molar-refractivity contribution in [1.82, 2.24) is 14.8 Å². The summed E-state index contributed by atoms with van der Waals surface area (Å²) >= 11 is 0. The van der Waals surface area contributed by atoms with Crippen molar-refractivity contribution in [1.29, 1.82) is 0 Å². The Labute approximate surface area is 156 Å². The highest BCUT2D eigenvalue weighted by Gasteiger charge is 2.37. The summed E-state index contributed by atoms with van der Waals surface area (Å²) in [6.45, 7) is 0.818. The molecule has 0 radical (unpaired) electrons. The Kier molecular flexibility index (Phi) is 4.32. The molecule has 1 aliphatic rings. The molecule has 4 rings (SSSR count). The van der Waals surface area contributed by atoms with Gasteiger partial charge in [0.2, 0.25) is 5.91 Å². The molecule has 2 amide bonds. The number of likely N-dealkylation sites (N-methyl/N-ethyl adjacent to an activating group) is 1. The topological polar surface area (TPSA) is 53.5 Å². The number of halogens is 1. The summed E-state index contributed by atoms with van der Waals surface area (Å²) in [7, 11) is 1.72.